The maximum atomic E-state index is 14.1. The number of likely N-dealkylation sites (tertiary alicyclic amines) is 1. The predicted octanol–water partition coefficient (Wildman–Crippen LogP) is 3.70. The maximum absolute atomic E-state index is 14.1. The van der Waals surface area contributed by atoms with Crippen LogP contribution in [-0.2, 0) is 16.4 Å². The third-order valence-electron chi connectivity index (χ3n) is 7.05. The van der Waals surface area contributed by atoms with E-state index in [1.807, 2.05) is 0 Å². The molecule has 1 saturated heterocycles. The van der Waals surface area contributed by atoms with E-state index in [-0.39, 0.29) is 33.7 Å². The van der Waals surface area contributed by atoms with Crippen LogP contribution >= 0.6 is 0 Å². The molecule has 0 bridgehead atoms. The molecule has 2 aromatic rings. The Balaban J connectivity index is 1.47. The summed E-state index contributed by atoms with van der Waals surface area (Å²) in [6, 6.07) is 6.87. The fraction of sp³-hybridized carbons (Fsp3) is 0.458. The monoisotopic (exact) mass is 474 g/mol. The van der Waals surface area contributed by atoms with E-state index < -0.39 is 21.8 Å². The summed E-state index contributed by atoms with van der Waals surface area (Å²) in [7, 11) is -4.16. The first-order chi connectivity index (χ1) is 15.8. The molecule has 0 amide bonds. The van der Waals surface area contributed by atoms with Crippen LogP contribution in [0.15, 0.2) is 35.2 Å². The van der Waals surface area contributed by atoms with Gasteiger partial charge in [-0.05, 0) is 79.6 Å². The third kappa shape index (κ3) is 4.19. The van der Waals surface area contributed by atoms with Gasteiger partial charge in [0.25, 0.3) is 10.0 Å². The number of anilines is 1. The number of carboxylic acid groups (broad SMARTS) is 1. The lowest BCUT2D eigenvalue weighted by atomic mass is 9.98. The molecule has 176 valence electrons. The molecular formula is C24H27FN2O5S. The van der Waals surface area contributed by atoms with Crippen molar-refractivity contribution >= 4 is 21.7 Å². The molecule has 2 unspecified atom stereocenters. The highest BCUT2D eigenvalue weighted by Crippen LogP contribution is 2.55. The Bertz CT molecular complexity index is 1220. The van der Waals surface area contributed by atoms with Gasteiger partial charge in [-0.25, -0.2) is 17.6 Å². The van der Waals surface area contributed by atoms with Crippen LogP contribution in [0.1, 0.15) is 47.2 Å². The zero-order valence-electron chi connectivity index (χ0n) is 18.4. The topological polar surface area (TPSA) is 95.9 Å². The fourth-order valence-electron chi connectivity index (χ4n) is 5.19. The summed E-state index contributed by atoms with van der Waals surface area (Å²) in [6.45, 7) is 5.22. The summed E-state index contributed by atoms with van der Waals surface area (Å²) in [4.78, 5) is 14.3. The van der Waals surface area contributed by atoms with Gasteiger partial charge < -0.3 is 14.7 Å². The Morgan fingerprint density at radius 3 is 2.85 bits per heavy atom. The average Bonchev–Trinajstić information content (AvgIpc) is 3.43. The molecule has 0 aromatic heterocycles. The number of nitrogens with one attached hydrogen (secondary N) is 1. The smallest absolute Gasteiger partial charge is 0.341 e. The third-order valence-corrected chi connectivity index (χ3v) is 8.51. The molecule has 1 aliphatic carbocycles. The van der Waals surface area contributed by atoms with Crippen molar-refractivity contribution in [2.24, 2.45) is 11.8 Å². The van der Waals surface area contributed by atoms with Gasteiger partial charge in [0.15, 0.2) is 0 Å². The molecule has 2 N–H and O–H groups in total. The van der Waals surface area contributed by atoms with Crippen molar-refractivity contribution in [3.05, 3.63) is 52.8 Å². The van der Waals surface area contributed by atoms with Crippen LogP contribution in [0.5, 0.6) is 5.75 Å². The lowest BCUT2D eigenvalue weighted by molar-refractivity contribution is 0.0692. The predicted molar refractivity (Wildman–Crippen MR) is 121 cm³/mol. The highest BCUT2D eigenvalue weighted by molar-refractivity contribution is 7.92. The minimum atomic E-state index is -4.16. The second-order valence-corrected chi connectivity index (χ2v) is 10.9. The second kappa shape index (κ2) is 8.29. The molecule has 1 saturated carbocycles. The van der Waals surface area contributed by atoms with Gasteiger partial charge in [0.1, 0.15) is 17.1 Å². The largest absolute Gasteiger partial charge is 0.492 e. The average molecular weight is 475 g/mol. The number of carbonyl (C=O) groups is 1. The van der Waals surface area contributed by atoms with Crippen molar-refractivity contribution in [3.63, 3.8) is 0 Å². The van der Waals surface area contributed by atoms with Crippen molar-refractivity contribution in [3.8, 4) is 5.75 Å². The van der Waals surface area contributed by atoms with Crippen LogP contribution < -0.4 is 9.46 Å². The number of carboxylic acids is 1. The number of halogens is 1. The zero-order valence-corrected chi connectivity index (χ0v) is 19.2. The lowest BCUT2D eigenvalue weighted by Gasteiger charge is -2.21. The summed E-state index contributed by atoms with van der Waals surface area (Å²) in [5.74, 6) is -0.599. The zero-order chi connectivity index (χ0) is 23.3. The Hall–Kier alpha value is -2.65. The van der Waals surface area contributed by atoms with Gasteiger partial charge in [0.05, 0.1) is 17.2 Å². The second-order valence-electron chi connectivity index (χ2n) is 9.23. The van der Waals surface area contributed by atoms with Gasteiger partial charge in [0, 0.05) is 12.5 Å². The minimum Gasteiger partial charge on any atom is -0.492 e. The molecule has 33 heavy (non-hydrogen) atoms. The van der Waals surface area contributed by atoms with E-state index in [0.29, 0.717) is 24.5 Å². The highest BCUT2D eigenvalue weighted by Gasteiger charge is 2.45. The van der Waals surface area contributed by atoms with E-state index >= 15 is 0 Å². The molecule has 9 heteroatoms. The van der Waals surface area contributed by atoms with Crippen LogP contribution in [0.4, 0.5) is 10.1 Å². The van der Waals surface area contributed by atoms with Gasteiger partial charge in [0.2, 0.25) is 0 Å². The van der Waals surface area contributed by atoms with Gasteiger partial charge >= 0.3 is 5.97 Å². The fourth-order valence-corrected chi connectivity index (χ4v) is 6.50. The van der Waals surface area contributed by atoms with E-state index in [4.69, 9.17) is 4.74 Å². The first-order valence-electron chi connectivity index (χ1n) is 11.3. The number of aromatic carboxylic acids is 1. The van der Waals surface area contributed by atoms with Gasteiger partial charge in [-0.2, -0.15) is 0 Å². The Labute approximate surface area is 192 Å². The van der Waals surface area contributed by atoms with Crippen molar-refractivity contribution in [1.82, 2.24) is 4.90 Å². The Kier molecular flexibility index (Phi) is 5.56. The molecule has 0 spiro atoms. The summed E-state index contributed by atoms with van der Waals surface area (Å²) < 4.78 is 48.9. The maximum Gasteiger partial charge on any atom is 0.341 e. The van der Waals surface area contributed by atoms with E-state index in [2.05, 4.69) is 16.5 Å². The van der Waals surface area contributed by atoms with E-state index in [1.54, 1.807) is 6.07 Å². The molecule has 2 aliphatic heterocycles. The molecule has 2 aromatic carbocycles. The van der Waals surface area contributed by atoms with Crippen LogP contribution in [0.2, 0.25) is 0 Å². The number of benzene rings is 2. The van der Waals surface area contributed by atoms with Crippen LogP contribution in [0.25, 0.3) is 0 Å². The summed E-state index contributed by atoms with van der Waals surface area (Å²) in [6.07, 6.45) is 2.31. The number of rotatable bonds is 7. The Morgan fingerprint density at radius 1 is 1.30 bits per heavy atom. The van der Waals surface area contributed by atoms with E-state index in [9.17, 15) is 22.7 Å². The van der Waals surface area contributed by atoms with Crippen molar-refractivity contribution < 1.29 is 27.4 Å². The lowest BCUT2D eigenvalue weighted by Crippen LogP contribution is -2.22. The van der Waals surface area contributed by atoms with Gasteiger partial charge in [-0.15, -0.1) is 0 Å². The first-order valence-corrected chi connectivity index (χ1v) is 12.8. The molecule has 5 rings (SSSR count). The first kappa shape index (κ1) is 22.2. The van der Waals surface area contributed by atoms with Gasteiger partial charge in [-0.3, -0.25) is 4.72 Å². The SMILES string of the molecule is CCN1CC[C@@H](Cc2cc(F)ccc2S(=O)(=O)Nc2ccc3c(c2C(=O)O)OCC2CC32)C1. The normalized spacial score (nSPS) is 24.0. The molecule has 7 nitrogen and oxygen atoms in total. The minimum absolute atomic E-state index is 0.0314. The standard InChI is InChI=1S/C24H27FN2O5S/c1-2-27-8-7-14(12-27)9-15-10-17(25)3-6-21(15)33(30,31)26-20-5-4-18-19-11-16(19)13-32-23(18)22(20)24(28)29/h3-6,10,14,16,19,26H,2,7-9,11-13H2,1H3,(H,28,29)/t14-,16?,19?/m0/s1. The van der Waals surface area contributed by atoms with E-state index in [1.165, 1.54) is 18.2 Å². The van der Waals surface area contributed by atoms with Crippen LogP contribution in [0, 0.1) is 17.7 Å². The van der Waals surface area contributed by atoms with Crippen LogP contribution in [-0.4, -0.2) is 50.6 Å². The number of hydrogen-bond acceptors (Lipinski definition) is 5. The number of fused-ring (bicyclic) bond motifs is 3. The molecule has 2 fully saturated rings. The number of nitrogens with zero attached hydrogens (tertiary/aromatic N) is 1. The van der Waals surface area contributed by atoms with Crippen molar-refractivity contribution in [1.29, 1.82) is 0 Å². The molecule has 2 heterocycles. The van der Waals surface area contributed by atoms with Gasteiger partial charge in [-0.1, -0.05) is 13.0 Å². The summed E-state index contributed by atoms with van der Waals surface area (Å²) >= 11 is 0. The molecular weight excluding hydrogens is 447 g/mol. The highest BCUT2D eigenvalue weighted by atomic mass is 32.2. The Morgan fingerprint density at radius 2 is 2.12 bits per heavy atom. The molecule has 3 atom stereocenters. The summed E-state index contributed by atoms with van der Waals surface area (Å²) in [5.41, 5.74) is 0.987. The van der Waals surface area contributed by atoms with Crippen LogP contribution in [0.3, 0.4) is 0 Å². The molecule has 0 radical (unpaired) electrons. The number of sulfonamides is 1. The van der Waals surface area contributed by atoms with Crippen molar-refractivity contribution in [2.45, 2.75) is 37.0 Å². The van der Waals surface area contributed by atoms with E-state index in [0.717, 1.165) is 44.1 Å². The quantitative estimate of drug-likeness (QED) is 0.635. The summed E-state index contributed by atoms with van der Waals surface area (Å²) in [5, 5.41) is 9.85. The van der Waals surface area contributed by atoms with Crippen molar-refractivity contribution in [2.75, 3.05) is 31.0 Å². The number of ether oxygens (including phenoxy) is 1. The molecule has 3 aliphatic rings. The number of hydrogen-bond donors (Lipinski definition) is 2.